The molecule has 8 heteroatoms. The zero-order valence-electron chi connectivity index (χ0n) is 16.9. The molecule has 0 radical (unpaired) electrons. The van der Waals surface area contributed by atoms with E-state index in [1.165, 1.54) is 12.8 Å². The van der Waals surface area contributed by atoms with Gasteiger partial charge >= 0.3 is 0 Å². The molecular weight excluding hydrogens is 356 g/mol. The molecule has 2 fully saturated rings. The standard InChI is InChI=1S/C20H28N6O2/c1-14-12-18(24-6-4-5-7-24)22-20(21-14)26-10-8-25(9-11-26)19(27)13-17-15(2)23-28-16(17)3/h12H,4-11,13H2,1-3H3. The second kappa shape index (κ2) is 7.77. The van der Waals surface area contributed by atoms with E-state index in [1.807, 2.05) is 25.7 Å². The Morgan fingerprint density at radius 1 is 1.00 bits per heavy atom. The van der Waals surface area contributed by atoms with Gasteiger partial charge in [0.05, 0.1) is 12.1 Å². The summed E-state index contributed by atoms with van der Waals surface area (Å²) in [6.07, 6.45) is 2.80. The maximum Gasteiger partial charge on any atom is 0.227 e. The van der Waals surface area contributed by atoms with Gasteiger partial charge in [-0.15, -0.1) is 0 Å². The predicted molar refractivity (Wildman–Crippen MR) is 107 cm³/mol. The van der Waals surface area contributed by atoms with Crippen molar-refractivity contribution >= 4 is 17.7 Å². The smallest absolute Gasteiger partial charge is 0.227 e. The summed E-state index contributed by atoms with van der Waals surface area (Å²) in [4.78, 5) is 28.6. The second-order valence-electron chi connectivity index (χ2n) is 7.71. The van der Waals surface area contributed by atoms with Crippen LogP contribution in [-0.4, -0.2) is 65.2 Å². The van der Waals surface area contributed by atoms with Gasteiger partial charge in [0.25, 0.3) is 0 Å². The Bertz CT molecular complexity index is 831. The van der Waals surface area contributed by atoms with Crippen LogP contribution in [0, 0.1) is 20.8 Å². The normalized spacial score (nSPS) is 17.5. The van der Waals surface area contributed by atoms with Gasteiger partial charge in [0.1, 0.15) is 11.6 Å². The molecule has 0 aliphatic carbocycles. The van der Waals surface area contributed by atoms with Crippen LogP contribution in [0.4, 0.5) is 11.8 Å². The SMILES string of the molecule is Cc1cc(N2CCCC2)nc(N2CCN(C(=O)Cc3c(C)noc3C)CC2)n1. The fraction of sp³-hybridized carbons (Fsp3) is 0.600. The van der Waals surface area contributed by atoms with E-state index in [2.05, 4.69) is 26.0 Å². The number of amides is 1. The lowest BCUT2D eigenvalue weighted by Gasteiger charge is -2.35. The van der Waals surface area contributed by atoms with Gasteiger partial charge in [0.2, 0.25) is 11.9 Å². The van der Waals surface area contributed by atoms with Crippen LogP contribution in [0.15, 0.2) is 10.6 Å². The quantitative estimate of drug-likeness (QED) is 0.796. The van der Waals surface area contributed by atoms with Gasteiger partial charge < -0.3 is 19.2 Å². The number of anilines is 2. The van der Waals surface area contributed by atoms with Crippen LogP contribution in [0.25, 0.3) is 0 Å². The van der Waals surface area contributed by atoms with Crippen LogP contribution < -0.4 is 9.80 Å². The molecule has 2 saturated heterocycles. The van der Waals surface area contributed by atoms with Crippen molar-refractivity contribution in [2.45, 2.75) is 40.0 Å². The number of carbonyl (C=O) groups excluding carboxylic acids is 1. The summed E-state index contributed by atoms with van der Waals surface area (Å²) in [5, 5.41) is 3.94. The largest absolute Gasteiger partial charge is 0.361 e. The first-order valence-electron chi connectivity index (χ1n) is 10.1. The molecule has 150 valence electrons. The highest BCUT2D eigenvalue weighted by atomic mass is 16.5. The maximum absolute atomic E-state index is 12.7. The van der Waals surface area contributed by atoms with Gasteiger partial charge in [-0.05, 0) is 33.6 Å². The summed E-state index contributed by atoms with van der Waals surface area (Å²) >= 11 is 0. The first kappa shape index (κ1) is 18.7. The molecule has 4 rings (SSSR count). The van der Waals surface area contributed by atoms with E-state index in [1.54, 1.807) is 0 Å². The zero-order chi connectivity index (χ0) is 19.7. The highest BCUT2D eigenvalue weighted by Crippen LogP contribution is 2.22. The minimum Gasteiger partial charge on any atom is -0.361 e. The van der Waals surface area contributed by atoms with Crippen molar-refractivity contribution in [2.24, 2.45) is 0 Å². The van der Waals surface area contributed by atoms with Crippen molar-refractivity contribution in [3.63, 3.8) is 0 Å². The number of aromatic nitrogens is 3. The highest BCUT2D eigenvalue weighted by Gasteiger charge is 2.25. The molecule has 0 bridgehead atoms. The monoisotopic (exact) mass is 384 g/mol. The van der Waals surface area contributed by atoms with Crippen LogP contribution in [0.2, 0.25) is 0 Å². The number of hydrogen-bond donors (Lipinski definition) is 0. The molecule has 2 aliphatic rings. The molecule has 2 aromatic heterocycles. The van der Waals surface area contributed by atoms with Crippen LogP contribution in [0.3, 0.4) is 0 Å². The van der Waals surface area contributed by atoms with Gasteiger partial charge in [-0.2, -0.15) is 4.98 Å². The summed E-state index contributed by atoms with van der Waals surface area (Å²) in [5.74, 6) is 2.65. The Labute approximate surface area is 165 Å². The number of piperazine rings is 1. The van der Waals surface area contributed by atoms with E-state index in [4.69, 9.17) is 9.51 Å². The second-order valence-corrected chi connectivity index (χ2v) is 7.71. The van der Waals surface area contributed by atoms with E-state index >= 15 is 0 Å². The van der Waals surface area contributed by atoms with Crippen LogP contribution in [0.1, 0.15) is 35.6 Å². The molecule has 0 atom stereocenters. The molecule has 0 spiro atoms. The van der Waals surface area contributed by atoms with Crippen molar-refractivity contribution < 1.29 is 9.32 Å². The first-order valence-corrected chi connectivity index (χ1v) is 10.1. The summed E-state index contributed by atoms with van der Waals surface area (Å²) < 4.78 is 5.17. The van der Waals surface area contributed by atoms with Crippen molar-refractivity contribution in [3.05, 3.63) is 28.8 Å². The van der Waals surface area contributed by atoms with E-state index < -0.39 is 0 Å². The third-order valence-electron chi connectivity index (χ3n) is 5.68. The van der Waals surface area contributed by atoms with Crippen LogP contribution in [0.5, 0.6) is 0 Å². The van der Waals surface area contributed by atoms with E-state index in [9.17, 15) is 4.79 Å². The fourth-order valence-electron chi connectivity index (χ4n) is 3.96. The first-order chi connectivity index (χ1) is 13.5. The molecular formula is C20H28N6O2. The van der Waals surface area contributed by atoms with E-state index in [0.717, 1.165) is 60.7 Å². The number of carbonyl (C=O) groups is 1. The van der Waals surface area contributed by atoms with Crippen molar-refractivity contribution in [1.82, 2.24) is 20.0 Å². The number of nitrogens with zero attached hydrogens (tertiary/aromatic N) is 6. The molecule has 28 heavy (non-hydrogen) atoms. The molecule has 0 saturated carbocycles. The Hall–Kier alpha value is -2.64. The summed E-state index contributed by atoms with van der Waals surface area (Å²) in [6, 6.07) is 2.07. The molecule has 0 aromatic carbocycles. The minimum atomic E-state index is 0.122. The third kappa shape index (κ3) is 3.81. The topological polar surface area (TPSA) is 78.6 Å². The minimum absolute atomic E-state index is 0.122. The molecule has 0 N–H and O–H groups in total. The molecule has 1 amide bonds. The number of hydrogen-bond acceptors (Lipinski definition) is 7. The van der Waals surface area contributed by atoms with Gasteiger partial charge in [-0.3, -0.25) is 4.79 Å². The molecule has 4 heterocycles. The van der Waals surface area contributed by atoms with Gasteiger partial charge in [0.15, 0.2) is 0 Å². The van der Waals surface area contributed by atoms with Gasteiger partial charge in [0, 0.05) is 56.6 Å². The summed E-state index contributed by atoms with van der Waals surface area (Å²) in [5.41, 5.74) is 2.70. The Balaban J connectivity index is 1.39. The van der Waals surface area contributed by atoms with Crippen molar-refractivity contribution in [1.29, 1.82) is 0 Å². The van der Waals surface area contributed by atoms with Gasteiger partial charge in [-0.25, -0.2) is 4.98 Å². The van der Waals surface area contributed by atoms with Crippen molar-refractivity contribution in [3.8, 4) is 0 Å². The molecule has 2 aromatic rings. The fourth-order valence-corrected chi connectivity index (χ4v) is 3.96. The van der Waals surface area contributed by atoms with Crippen LogP contribution >= 0.6 is 0 Å². The average molecular weight is 384 g/mol. The van der Waals surface area contributed by atoms with Crippen LogP contribution in [-0.2, 0) is 11.2 Å². The summed E-state index contributed by atoms with van der Waals surface area (Å²) in [7, 11) is 0. The van der Waals surface area contributed by atoms with Gasteiger partial charge in [-0.1, -0.05) is 5.16 Å². The van der Waals surface area contributed by atoms with E-state index in [0.29, 0.717) is 19.5 Å². The lowest BCUT2D eigenvalue weighted by atomic mass is 10.1. The lowest BCUT2D eigenvalue weighted by molar-refractivity contribution is -0.130. The lowest BCUT2D eigenvalue weighted by Crippen LogP contribution is -2.49. The molecule has 8 nitrogen and oxygen atoms in total. The summed E-state index contributed by atoms with van der Waals surface area (Å²) in [6.45, 7) is 10.7. The number of rotatable bonds is 4. The predicted octanol–water partition coefficient (Wildman–Crippen LogP) is 1.88. The van der Waals surface area contributed by atoms with Crippen molar-refractivity contribution in [2.75, 3.05) is 49.1 Å². The Morgan fingerprint density at radius 3 is 2.36 bits per heavy atom. The zero-order valence-corrected chi connectivity index (χ0v) is 16.9. The Morgan fingerprint density at radius 2 is 1.71 bits per heavy atom. The molecule has 2 aliphatic heterocycles. The highest BCUT2D eigenvalue weighted by molar-refractivity contribution is 5.79. The maximum atomic E-state index is 12.7. The molecule has 0 unspecified atom stereocenters. The Kier molecular flexibility index (Phi) is 5.19. The third-order valence-corrected chi connectivity index (χ3v) is 5.68. The average Bonchev–Trinajstić information content (AvgIpc) is 3.34. The number of aryl methyl sites for hydroxylation is 3. The van der Waals surface area contributed by atoms with E-state index in [-0.39, 0.29) is 5.91 Å².